The normalized spacial score (nSPS) is 19.1. The number of carbonyl (C=O) groups excluding carboxylic acids is 2. The number of methoxy groups -OCH3 is 1. The Morgan fingerprint density at radius 3 is 3.12 bits per heavy atom. The molecule has 0 fully saturated rings. The van der Waals surface area contributed by atoms with E-state index in [1.807, 2.05) is 0 Å². The number of ketones is 1. The number of aryl methyl sites for hydroxylation is 1. The van der Waals surface area contributed by atoms with Gasteiger partial charge < -0.3 is 10.1 Å². The maximum Gasteiger partial charge on any atom is 0.407 e. The number of Topliss-reactive ketones (excluding diaryl/α,β-unsaturated/α-hetero) is 1. The average Bonchev–Trinajstić information content (AvgIpc) is 2.64. The molecule has 0 saturated carbocycles. The lowest BCUT2D eigenvalue weighted by Crippen LogP contribution is -2.43. The van der Waals surface area contributed by atoms with Gasteiger partial charge >= 0.3 is 6.09 Å². The summed E-state index contributed by atoms with van der Waals surface area (Å²) in [6.07, 6.45) is 0.772. The number of carbonyl (C=O) groups is 2. The highest BCUT2D eigenvalue weighted by Crippen LogP contribution is 2.32. The number of hydrogen-bond acceptors (Lipinski definition) is 4. The summed E-state index contributed by atoms with van der Waals surface area (Å²) in [7, 11) is 1.27. The maximum atomic E-state index is 12.0. The van der Waals surface area contributed by atoms with Crippen LogP contribution in [0.15, 0.2) is 6.07 Å². The fourth-order valence-electron chi connectivity index (χ4n) is 1.72. The summed E-state index contributed by atoms with van der Waals surface area (Å²) in [4.78, 5) is 24.0. The van der Waals surface area contributed by atoms with Gasteiger partial charge in [0.05, 0.1) is 17.5 Å². The Balaban J connectivity index is 2.17. The first-order valence-electron chi connectivity index (χ1n) is 4.78. The Labute approximate surface area is 102 Å². The highest BCUT2D eigenvalue weighted by Gasteiger charge is 2.30. The summed E-state index contributed by atoms with van der Waals surface area (Å²) in [5.41, 5.74) is 0.627. The molecule has 1 aromatic rings. The van der Waals surface area contributed by atoms with Crippen molar-refractivity contribution in [1.82, 2.24) is 5.32 Å². The first kappa shape index (κ1) is 11.4. The van der Waals surface area contributed by atoms with Gasteiger partial charge in [-0.05, 0) is 18.9 Å². The minimum Gasteiger partial charge on any atom is -0.453 e. The largest absolute Gasteiger partial charge is 0.453 e. The van der Waals surface area contributed by atoms with Crippen LogP contribution in [-0.4, -0.2) is 25.0 Å². The molecule has 0 aliphatic heterocycles. The van der Waals surface area contributed by atoms with E-state index in [0.717, 1.165) is 11.3 Å². The topological polar surface area (TPSA) is 55.4 Å². The van der Waals surface area contributed by atoms with Crippen LogP contribution in [0.2, 0.25) is 4.34 Å². The summed E-state index contributed by atoms with van der Waals surface area (Å²) >= 11 is 7.27. The SMILES string of the molecule is COC(=O)NC1CCc2sc(Cl)cc2C1=O. The summed E-state index contributed by atoms with van der Waals surface area (Å²) in [6, 6.07) is 1.17. The second-order valence-corrected chi connectivity index (χ2v) is 5.25. The van der Waals surface area contributed by atoms with Gasteiger partial charge in [-0.2, -0.15) is 0 Å². The first-order chi connectivity index (χ1) is 7.61. The number of alkyl carbamates (subject to hydrolysis) is 1. The third kappa shape index (κ3) is 2.05. The highest BCUT2D eigenvalue weighted by atomic mass is 35.5. The molecule has 4 nitrogen and oxygen atoms in total. The Bertz CT molecular complexity index is 443. The number of hydrogen-bond donors (Lipinski definition) is 1. The summed E-state index contributed by atoms with van der Waals surface area (Å²) < 4.78 is 5.08. The predicted molar refractivity (Wildman–Crippen MR) is 61.3 cm³/mol. The van der Waals surface area contributed by atoms with Crippen molar-refractivity contribution < 1.29 is 14.3 Å². The van der Waals surface area contributed by atoms with Crippen LogP contribution in [0.25, 0.3) is 0 Å². The molecule has 16 heavy (non-hydrogen) atoms. The monoisotopic (exact) mass is 259 g/mol. The molecule has 0 saturated heterocycles. The number of ether oxygens (including phenoxy) is 1. The van der Waals surface area contributed by atoms with Crippen LogP contribution in [-0.2, 0) is 11.2 Å². The predicted octanol–water partition coefficient (Wildman–Crippen LogP) is 2.26. The van der Waals surface area contributed by atoms with E-state index >= 15 is 0 Å². The van der Waals surface area contributed by atoms with E-state index in [9.17, 15) is 9.59 Å². The number of amides is 1. The molecule has 1 N–H and O–H groups in total. The molecule has 0 radical (unpaired) electrons. The molecule has 2 rings (SSSR count). The lowest BCUT2D eigenvalue weighted by molar-refractivity contribution is 0.0917. The van der Waals surface area contributed by atoms with Crippen molar-refractivity contribution in [2.75, 3.05) is 7.11 Å². The highest BCUT2D eigenvalue weighted by molar-refractivity contribution is 7.16. The van der Waals surface area contributed by atoms with Gasteiger partial charge in [-0.1, -0.05) is 11.6 Å². The molecule has 0 aromatic carbocycles. The quantitative estimate of drug-likeness (QED) is 0.842. The van der Waals surface area contributed by atoms with Gasteiger partial charge in [-0.15, -0.1) is 11.3 Å². The molecule has 0 spiro atoms. The molecule has 1 aliphatic carbocycles. The van der Waals surface area contributed by atoms with E-state index in [1.165, 1.54) is 18.4 Å². The van der Waals surface area contributed by atoms with Gasteiger partial charge in [-0.25, -0.2) is 4.79 Å². The van der Waals surface area contributed by atoms with Crippen molar-refractivity contribution >= 4 is 34.8 Å². The van der Waals surface area contributed by atoms with Crippen molar-refractivity contribution in [1.29, 1.82) is 0 Å². The Kier molecular flexibility index (Phi) is 3.16. The maximum absolute atomic E-state index is 12.0. The molecular formula is C10H10ClNO3S. The minimum absolute atomic E-state index is 0.0881. The molecule has 1 heterocycles. The minimum atomic E-state index is -0.580. The molecule has 1 aromatic heterocycles. The van der Waals surface area contributed by atoms with E-state index in [-0.39, 0.29) is 5.78 Å². The average molecular weight is 260 g/mol. The van der Waals surface area contributed by atoms with Crippen LogP contribution in [0, 0.1) is 0 Å². The second kappa shape index (κ2) is 4.43. The third-order valence-corrected chi connectivity index (χ3v) is 3.82. The van der Waals surface area contributed by atoms with Crippen molar-refractivity contribution in [3.8, 4) is 0 Å². The first-order valence-corrected chi connectivity index (χ1v) is 5.98. The number of rotatable bonds is 1. The summed E-state index contributed by atoms with van der Waals surface area (Å²) in [6.45, 7) is 0. The lowest BCUT2D eigenvalue weighted by atomic mass is 9.93. The number of thiophene rings is 1. The Morgan fingerprint density at radius 2 is 2.44 bits per heavy atom. The van der Waals surface area contributed by atoms with Gasteiger partial charge in [0, 0.05) is 10.4 Å². The fourth-order valence-corrected chi connectivity index (χ4v) is 3.01. The summed E-state index contributed by atoms with van der Waals surface area (Å²) in [5.74, 6) is -0.0881. The lowest BCUT2D eigenvalue weighted by Gasteiger charge is -2.20. The van der Waals surface area contributed by atoms with Gasteiger partial charge in [0.15, 0.2) is 5.78 Å². The van der Waals surface area contributed by atoms with E-state index in [1.54, 1.807) is 6.07 Å². The van der Waals surface area contributed by atoms with Crippen LogP contribution in [0.1, 0.15) is 21.7 Å². The van der Waals surface area contributed by atoms with Crippen LogP contribution in [0.4, 0.5) is 4.79 Å². The smallest absolute Gasteiger partial charge is 0.407 e. The second-order valence-electron chi connectivity index (χ2n) is 3.48. The van der Waals surface area contributed by atoms with E-state index in [2.05, 4.69) is 10.1 Å². The van der Waals surface area contributed by atoms with E-state index in [0.29, 0.717) is 16.3 Å². The third-order valence-electron chi connectivity index (χ3n) is 2.50. The molecule has 1 atom stereocenters. The number of halogens is 1. The van der Waals surface area contributed by atoms with Crippen LogP contribution >= 0.6 is 22.9 Å². The zero-order chi connectivity index (χ0) is 11.7. The van der Waals surface area contributed by atoms with E-state index < -0.39 is 12.1 Å². The number of nitrogens with one attached hydrogen (secondary N) is 1. The Morgan fingerprint density at radius 1 is 1.69 bits per heavy atom. The van der Waals surface area contributed by atoms with Gasteiger partial charge in [0.1, 0.15) is 0 Å². The molecule has 1 unspecified atom stereocenters. The molecule has 1 amide bonds. The van der Waals surface area contributed by atoms with Gasteiger partial charge in [0.25, 0.3) is 0 Å². The molecule has 0 bridgehead atoms. The zero-order valence-electron chi connectivity index (χ0n) is 8.58. The zero-order valence-corrected chi connectivity index (χ0v) is 10.2. The summed E-state index contributed by atoms with van der Waals surface area (Å²) in [5, 5.41) is 2.52. The van der Waals surface area contributed by atoms with Crippen molar-refractivity contribution in [2.24, 2.45) is 0 Å². The van der Waals surface area contributed by atoms with Gasteiger partial charge in [-0.3, -0.25) is 4.79 Å². The fraction of sp³-hybridized carbons (Fsp3) is 0.400. The standard InChI is InChI=1S/C10H10ClNO3S/c1-15-10(14)12-6-2-3-7-5(9(6)13)4-8(11)16-7/h4,6H,2-3H2,1H3,(H,12,14). The number of fused-ring (bicyclic) bond motifs is 1. The Hall–Kier alpha value is -1.07. The molecule has 86 valence electrons. The van der Waals surface area contributed by atoms with Crippen molar-refractivity contribution in [2.45, 2.75) is 18.9 Å². The molecule has 1 aliphatic rings. The van der Waals surface area contributed by atoms with Crippen LogP contribution < -0.4 is 5.32 Å². The molecule has 6 heteroatoms. The van der Waals surface area contributed by atoms with Crippen molar-refractivity contribution in [3.63, 3.8) is 0 Å². The van der Waals surface area contributed by atoms with Crippen LogP contribution in [0.5, 0.6) is 0 Å². The van der Waals surface area contributed by atoms with Crippen molar-refractivity contribution in [3.05, 3.63) is 20.8 Å². The van der Waals surface area contributed by atoms with Gasteiger partial charge in [0.2, 0.25) is 0 Å². The van der Waals surface area contributed by atoms with E-state index in [4.69, 9.17) is 11.6 Å². The molecular weight excluding hydrogens is 250 g/mol. The van der Waals surface area contributed by atoms with Crippen LogP contribution in [0.3, 0.4) is 0 Å².